The number of Topliss-reactive ketones (excluding diaryl/α,β-unsaturated/α-hetero) is 1. The number of hydrogen-bond donors (Lipinski definition) is 0. The number of nitro benzene ring substituents is 1. The number of methoxy groups -OCH3 is 1. The first-order valence-corrected chi connectivity index (χ1v) is 7.44. The van der Waals surface area contributed by atoms with Crippen LogP contribution in [0.15, 0.2) is 36.4 Å². The number of aryl methyl sites for hydroxylation is 2. The smallest absolute Gasteiger partial charge is 0.314 e. The van der Waals surface area contributed by atoms with Crippen molar-refractivity contribution in [1.82, 2.24) is 0 Å². The van der Waals surface area contributed by atoms with Crippen molar-refractivity contribution >= 4 is 11.5 Å². The molecule has 0 aliphatic rings. The molecule has 0 bridgehead atoms. The van der Waals surface area contributed by atoms with Crippen LogP contribution in [0.25, 0.3) is 0 Å². The topological polar surface area (TPSA) is 78.7 Å². The van der Waals surface area contributed by atoms with Crippen molar-refractivity contribution in [2.75, 3.05) is 7.11 Å². The molecule has 2 aromatic rings. The van der Waals surface area contributed by atoms with Crippen LogP contribution < -0.4 is 9.47 Å². The Labute approximate surface area is 140 Å². The fourth-order valence-electron chi connectivity index (χ4n) is 2.24. The van der Waals surface area contributed by atoms with E-state index in [1.807, 2.05) is 19.9 Å². The van der Waals surface area contributed by atoms with Crippen LogP contribution in [-0.2, 0) is 0 Å². The van der Waals surface area contributed by atoms with Crippen molar-refractivity contribution in [3.05, 3.63) is 63.2 Å². The molecule has 6 heteroatoms. The summed E-state index contributed by atoms with van der Waals surface area (Å²) in [4.78, 5) is 23.1. The third kappa shape index (κ3) is 3.71. The standard InChI is InChI=1S/C18H19NO5/c1-11-5-6-14(9-12(11)2)18(20)13(3)24-17-8-7-15(23-4)10-16(17)19(21)22/h5-10,13H,1-4H3. The number of ether oxygens (including phenoxy) is 2. The molecule has 0 saturated carbocycles. The summed E-state index contributed by atoms with van der Waals surface area (Å²) in [6.07, 6.45) is -0.848. The van der Waals surface area contributed by atoms with Gasteiger partial charge in [0.1, 0.15) is 5.75 Å². The van der Waals surface area contributed by atoms with Gasteiger partial charge in [-0.05, 0) is 50.1 Å². The van der Waals surface area contributed by atoms with E-state index in [2.05, 4.69) is 0 Å². The van der Waals surface area contributed by atoms with Gasteiger partial charge in [-0.3, -0.25) is 14.9 Å². The summed E-state index contributed by atoms with van der Waals surface area (Å²) in [6.45, 7) is 5.46. The van der Waals surface area contributed by atoms with E-state index in [-0.39, 0.29) is 17.2 Å². The average Bonchev–Trinajstić information content (AvgIpc) is 2.56. The van der Waals surface area contributed by atoms with Crippen molar-refractivity contribution in [3.63, 3.8) is 0 Å². The van der Waals surface area contributed by atoms with Gasteiger partial charge in [-0.1, -0.05) is 12.1 Å². The number of carbonyl (C=O) groups is 1. The lowest BCUT2D eigenvalue weighted by molar-refractivity contribution is -0.386. The van der Waals surface area contributed by atoms with E-state index in [0.29, 0.717) is 11.3 Å². The number of ketones is 1. The largest absolute Gasteiger partial charge is 0.496 e. The van der Waals surface area contributed by atoms with Crippen LogP contribution in [0.4, 0.5) is 5.69 Å². The summed E-state index contributed by atoms with van der Waals surface area (Å²) in [6, 6.07) is 9.64. The number of carbonyl (C=O) groups excluding carboxylic acids is 1. The van der Waals surface area contributed by atoms with E-state index in [1.54, 1.807) is 25.1 Å². The Morgan fingerprint density at radius 3 is 2.42 bits per heavy atom. The highest BCUT2D eigenvalue weighted by Crippen LogP contribution is 2.32. The lowest BCUT2D eigenvalue weighted by Gasteiger charge is -2.15. The maximum atomic E-state index is 12.5. The Morgan fingerprint density at radius 2 is 1.83 bits per heavy atom. The van der Waals surface area contributed by atoms with E-state index in [1.165, 1.54) is 19.2 Å². The molecule has 0 saturated heterocycles. The Bertz CT molecular complexity index is 785. The fourth-order valence-corrected chi connectivity index (χ4v) is 2.24. The van der Waals surface area contributed by atoms with Gasteiger partial charge >= 0.3 is 5.69 Å². The number of nitro groups is 1. The first kappa shape index (κ1) is 17.5. The van der Waals surface area contributed by atoms with E-state index in [0.717, 1.165) is 11.1 Å². The van der Waals surface area contributed by atoms with Gasteiger partial charge in [0, 0.05) is 5.56 Å². The van der Waals surface area contributed by atoms with E-state index in [9.17, 15) is 14.9 Å². The first-order chi connectivity index (χ1) is 11.3. The predicted molar refractivity (Wildman–Crippen MR) is 90.0 cm³/mol. The van der Waals surface area contributed by atoms with Crippen molar-refractivity contribution in [2.45, 2.75) is 26.9 Å². The monoisotopic (exact) mass is 329 g/mol. The lowest BCUT2D eigenvalue weighted by atomic mass is 10.0. The summed E-state index contributed by atoms with van der Waals surface area (Å²) < 4.78 is 10.5. The second-order valence-corrected chi connectivity index (χ2v) is 5.51. The molecule has 0 amide bonds. The van der Waals surface area contributed by atoms with Gasteiger partial charge in [-0.25, -0.2) is 0 Å². The number of nitrogens with zero attached hydrogens (tertiary/aromatic N) is 1. The number of rotatable bonds is 6. The molecule has 24 heavy (non-hydrogen) atoms. The van der Waals surface area contributed by atoms with Crippen LogP contribution in [-0.4, -0.2) is 23.9 Å². The van der Waals surface area contributed by atoms with Crippen LogP contribution in [0.2, 0.25) is 0 Å². The van der Waals surface area contributed by atoms with Gasteiger partial charge in [0.15, 0.2) is 11.9 Å². The average molecular weight is 329 g/mol. The molecule has 0 fully saturated rings. The SMILES string of the molecule is COc1ccc(OC(C)C(=O)c2ccc(C)c(C)c2)c([N+](=O)[O-])c1. The zero-order valence-electron chi connectivity index (χ0n) is 14.0. The number of benzene rings is 2. The molecule has 0 spiro atoms. The molecule has 1 atom stereocenters. The third-order valence-corrected chi connectivity index (χ3v) is 3.83. The third-order valence-electron chi connectivity index (χ3n) is 3.83. The lowest BCUT2D eigenvalue weighted by Crippen LogP contribution is -2.24. The van der Waals surface area contributed by atoms with Crippen molar-refractivity contribution in [1.29, 1.82) is 0 Å². The zero-order valence-corrected chi connectivity index (χ0v) is 14.0. The Balaban J connectivity index is 2.25. The molecule has 126 valence electrons. The van der Waals surface area contributed by atoms with E-state index >= 15 is 0 Å². The quantitative estimate of drug-likeness (QED) is 0.456. The molecule has 0 radical (unpaired) electrons. The minimum atomic E-state index is -0.848. The highest BCUT2D eigenvalue weighted by molar-refractivity contribution is 5.99. The Kier molecular flexibility index (Phi) is 5.18. The predicted octanol–water partition coefficient (Wildman–Crippen LogP) is 3.87. The molecule has 2 aromatic carbocycles. The van der Waals surface area contributed by atoms with Crippen molar-refractivity contribution in [2.24, 2.45) is 0 Å². The van der Waals surface area contributed by atoms with Gasteiger partial charge in [-0.15, -0.1) is 0 Å². The minimum absolute atomic E-state index is 0.0329. The van der Waals surface area contributed by atoms with E-state index < -0.39 is 11.0 Å². The van der Waals surface area contributed by atoms with Gasteiger partial charge in [0.2, 0.25) is 5.78 Å². The van der Waals surface area contributed by atoms with Crippen LogP contribution in [0.1, 0.15) is 28.4 Å². The van der Waals surface area contributed by atoms with Crippen LogP contribution in [0, 0.1) is 24.0 Å². The van der Waals surface area contributed by atoms with E-state index in [4.69, 9.17) is 9.47 Å². The summed E-state index contributed by atoms with van der Waals surface area (Å²) in [5.41, 5.74) is 2.37. The molecular weight excluding hydrogens is 310 g/mol. The summed E-state index contributed by atoms with van der Waals surface area (Å²) in [5, 5.41) is 11.2. The maximum absolute atomic E-state index is 12.5. The van der Waals surface area contributed by atoms with Gasteiger partial charge < -0.3 is 9.47 Å². The Morgan fingerprint density at radius 1 is 1.12 bits per heavy atom. The van der Waals surface area contributed by atoms with Gasteiger partial charge in [0.25, 0.3) is 0 Å². The van der Waals surface area contributed by atoms with Crippen molar-refractivity contribution < 1.29 is 19.2 Å². The van der Waals surface area contributed by atoms with Gasteiger partial charge in [-0.2, -0.15) is 0 Å². The normalized spacial score (nSPS) is 11.7. The maximum Gasteiger partial charge on any atom is 0.314 e. The Hall–Kier alpha value is -2.89. The molecule has 2 rings (SSSR count). The van der Waals surface area contributed by atoms with Crippen LogP contribution in [0.5, 0.6) is 11.5 Å². The molecule has 0 N–H and O–H groups in total. The number of hydrogen-bond acceptors (Lipinski definition) is 5. The second-order valence-electron chi connectivity index (χ2n) is 5.51. The van der Waals surface area contributed by atoms with Crippen LogP contribution in [0.3, 0.4) is 0 Å². The molecule has 0 aromatic heterocycles. The molecule has 6 nitrogen and oxygen atoms in total. The summed E-state index contributed by atoms with van der Waals surface area (Å²) in [7, 11) is 1.42. The summed E-state index contributed by atoms with van der Waals surface area (Å²) in [5.74, 6) is 0.149. The fraction of sp³-hybridized carbons (Fsp3) is 0.278. The molecule has 1 unspecified atom stereocenters. The van der Waals surface area contributed by atoms with Crippen LogP contribution >= 0.6 is 0 Å². The molecule has 0 aliphatic carbocycles. The molecule has 0 heterocycles. The summed E-state index contributed by atoms with van der Waals surface area (Å²) >= 11 is 0. The molecule has 0 aliphatic heterocycles. The van der Waals surface area contributed by atoms with Crippen molar-refractivity contribution in [3.8, 4) is 11.5 Å². The second kappa shape index (κ2) is 7.12. The van der Waals surface area contributed by atoms with Gasteiger partial charge in [0.05, 0.1) is 18.1 Å². The minimum Gasteiger partial charge on any atom is -0.496 e. The highest BCUT2D eigenvalue weighted by Gasteiger charge is 2.23. The molecular formula is C18H19NO5. The zero-order chi connectivity index (χ0) is 17.9. The first-order valence-electron chi connectivity index (χ1n) is 7.44. The highest BCUT2D eigenvalue weighted by atomic mass is 16.6.